The number of amides is 1. The molecule has 118 valence electrons. The maximum atomic E-state index is 12.7. The Morgan fingerprint density at radius 1 is 1.22 bits per heavy atom. The molecule has 1 aliphatic heterocycles. The monoisotopic (exact) mass is 456 g/mol. The van der Waals surface area contributed by atoms with Gasteiger partial charge >= 0.3 is 0 Å². The Labute approximate surface area is 154 Å². The summed E-state index contributed by atoms with van der Waals surface area (Å²) in [5.74, 6) is -0.0653. The molecule has 4 rings (SSSR count). The van der Waals surface area contributed by atoms with Crippen LogP contribution >= 0.6 is 43.5 Å². The maximum absolute atomic E-state index is 12.7. The smallest absolute Gasteiger partial charge is 0.274 e. The Morgan fingerprint density at radius 3 is 2.87 bits per heavy atom. The number of hydrogen-bond acceptors (Lipinski definition) is 2. The van der Waals surface area contributed by atoms with Crippen LogP contribution in [0.4, 0.5) is 0 Å². The van der Waals surface area contributed by atoms with Crippen molar-refractivity contribution in [1.29, 1.82) is 0 Å². The molecule has 1 amide bonds. The largest absolute Gasteiger partial charge is 0.335 e. The number of carbonyl (C=O) groups is 1. The first kappa shape index (κ1) is 15.2. The maximum Gasteiger partial charge on any atom is 0.274 e. The zero-order chi connectivity index (χ0) is 16.1. The minimum Gasteiger partial charge on any atom is -0.335 e. The van der Waals surface area contributed by atoms with Gasteiger partial charge in [-0.2, -0.15) is 5.10 Å². The van der Waals surface area contributed by atoms with Gasteiger partial charge in [-0.15, -0.1) is 0 Å². The lowest BCUT2D eigenvalue weighted by Gasteiger charge is -2.28. The van der Waals surface area contributed by atoms with Gasteiger partial charge in [0.15, 0.2) is 5.69 Å². The topological polar surface area (TPSA) is 42.5 Å². The molecule has 0 aliphatic carbocycles. The molecular weight excluding hydrogens is 447 g/mol. The van der Waals surface area contributed by atoms with E-state index in [2.05, 4.69) is 41.5 Å². The first-order valence-electron chi connectivity index (χ1n) is 7.00. The Balaban J connectivity index is 1.63. The molecule has 0 radical (unpaired) electrons. The molecule has 0 saturated heterocycles. The molecule has 0 atom stereocenters. The third-order valence-corrected chi connectivity index (χ3v) is 6.17. The number of hydrogen-bond donors (Lipinski definition) is 0. The summed E-state index contributed by atoms with van der Waals surface area (Å²) < 4.78 is 5.82. The number of carbonyl (C=O) groups excluding carboxylic acids is 1. The third kappa shape index (κ3) is 2.60. The van der Waals surface area contributed by atoms with Crippen LogP contribution in [0.2, 0.25) is 5.02 Å². The van der Waals surface area contributed by atoms with Gasteiger partial charge in [-0.05, 0) is 56.1 Å². The quantitative estimate of drug-likeness (QED) is 0.554. The summed E-state index contributed by atoms with van der Waals surface area (Å²) >= 11 is 13.0. The molecule has 0 fully saturated rings. The molecule has 4 heterocycles. The second-order valence-electron chi connectivity index (χ2n) is 5.40. The van der Waals surface area contributed by atoms with Crippen molar-refractivity contribution in [3.05, 3.63) is 55.9 Å². The van der Waals surface area contributed by atoms with Crippen LogP contribution in [-0.4, -0.2) is 31.5 Å². The van der Waals surface area contributed by atoms with E-state index in [0.29, 0.717) is 23.8 Å². The molecule has 0 unspecified atom stereocenters. The van der Waals surface area contributed by atoms with Gasteiger partial charge < -0.3 is 9.47 Å². The second-order valence-corrected chi connectivity index (χ2v) is 7.44. The van der Waals surface area contributed by atoms with Gasteiger partial charge in [0, 0.05) is 25.0 Å². The lowest BCUT2D eigenvalue weighted by atomic mass is 10.2. The Morgan fingerprint density at radius 2 is 2.04 bits per heavy atom. The molecule has 0 N–H and O–H groups in total. The molecule has 3 aromatic rings. The van der Waals surface area contributed by atoms with Crippen LogP contribution in [-0.2, 0) is 13.1 Å². The van der Waals surface area contributed by atoms with Gasteiger partial charge in [-0.25, -0.2) is 4.52 Å². The fraction of sp³-hybridized carbons (Fsp3) is 0.200. The molecule has 0 spiro atoms. The van der Waals surface area contributed by atoms with Gasteiger partial charge in [-0.3, -0.25) is 4.79 Å². The highest BCUT2D eigenvalue weighted by atomic mass is 79.9. The van der Waals surface area contributed by atoms with E-state index in [0.717, 1.165) is 26.8 Å². The SMILES string of the molecule is O=C(c1cc2ccc(Cl)cn2n1)N1CCn2c(cc(Br)c2Br)C1. The van der Waals surface area contributed by atoms with Crippen molar-refractivity contribution in [3.8, 4) is 0 Å². The summed E-state index contributed by atoms with van der Waals surface area (Å²) in [6.45, 7) is 1.98. The Kier molecular flexibility index (Phi) is 3.74. The van der Waals surface area contributed by atoms with Gasteiger partial charge in [0.1, 0.15) is 0 Å². The second kappa shape index (κ2) is 5.65. The van der Waals surface area contributed by atoms with Gasteiger partial charge in [0.25, 0.3) is 5.91 Å². The lowest BCUT2D eigenvalue weighted by molar-refractivity contribution is 0.0704. The van der Waals surface area contributed by atoms with Crippen molar-refractivity contribution in [2.45, 2.75) is 13.1 Å². The minimum absolute atomic E-state index is 0.0653. The van der Waals surface area contributed by atoms with E-state index in [1.54, 1.807) is 22.8 Å². The van der Waals surface area contributed by atoms with Crippen LogP contribution < -0.4 is 0 Å². The number of fused-ring (bicyclic) bond motifs is 2. The summed E-state index contributed by atoms with van der Waals surface area (Å²) in [7, 11) is 0. The number of rotatable bonds is 1. The number of aromatic nitrogens is 3. The zero-order valence-corrected chi connectivity index (χ0v) is 15.8. The van der Waals surface area contributed by atoms with Crippen LogP contribution in [0, 0.1) is 0 Å². The van der Waals surface area contributed by atoms with E-state index in [1.807, 2.05) is 17.0 Å². The highest BCUT2D eigenvalue weighted by Gasteiger charge is 2.25. The number of pyridine rings is 1. The fourth-order valence-electron chi connectivity index (χ4n) is 2.81. The summed E-state index contributed by atoms with van der Waals surface area (Å²) in [6.07, 6.45) is 1.70. The van der Waals surface area contributed by atoms with E-state index in [1.165, 1.54) is 0 Å². The molecule has 0 aromatic carbocycles. The minimum atomic E-state index is -0.0653. The predicted molar refractivity (Wildman–Crippen MR) is 94.8 cm³/mol. The summed E-state index contributed by atoms with van der Waals surface area (Å²) in [6, 6.07) is 7.46. The molecule has 8 heteroatoms. The molecule has 23 heavy (non-hydrogen) atoms. The summed E-state index contributed by atoms with van der Waals surface area (Å²) in [4.78, 5) is 14.6. The first-order chi connectivity index (χ1) is 11.0. The fourth-order valence-corrected chi connectivity index (χ4v) is 3.96. The van der Waals surface area contributed by atoms with Crippen molar-refractivity contribution >= 4 is 54.9 Å². The summed E-state index contributed by atoms with van der Waals surface area (Å²) in [5.41, 5.74) is 2.38. The molecule has 3 aromatic heterocycles. The standard InChI is InChI=1S/C15H11Br2ClN4O/c16-12-5-11-8-20(3-4-21(11)14(12)17)15(23)13-6-10-2-1-9(18)7-22(10)19-13/h1-2,5-7H,3-4,8H2. The van der Waals surface area contributed by atoms with Crippen molar-refractivity contribution in [2.75, 3.05) is 6.54 Å². The van der Waals surface area contributed by atoms with Crippen molar-refractivity contribution in [3.63, 3.8) is 0 Å². The van der Waals surface area contributed by atoms with Crippen LogP contribution in [0.15, 0.2) is 39.5 Å². The van der Waals surface area contributed by atoms with Crippen molar-refractivity contribution in [1.82, 2.24) is 19.1 Å². The van der Waals surface area contributed by atoms with Gasteiger partial charge in [-0.1, -0.05) is 11.6 Å². The van der Waals surface area contributed by atoms with Crippen LogP contribution in [0.5, 0.6) is 0 Å². The molecule has 1 aliphatic rings. The lowest BCUT2D eigenvalue weighted by Crippen LogP contribution is -2.38. The highest BCUT2D eigenvalue weighted by Crippen LogP contribution is 2.30. The molecule has 0 bridgehead atoms. The van der Waals surface area contributed by atoms with Crippen LogP contribution in [0.3, 0.4) is 0 Å². The zero-order valence-electron chi connectivity index (χ0n) is 11.8. The molecular formula is C15H11Br2ClN4O. The van der Waals surface area contributed by atoms with Crippen molar-refractivity contribution in [2.24, 2.45) is 0 Å². The van der Waals surface area contributed by atoms with Gasteiger partial charge in [0.05, 0.1) is 26.2 Å². The normalized spacial score (nSPS) is 14.3. The van der Waals surface area contributed by atoms with E-state index in [4.69, 9.17) is 11.6 Å². The van der Waals surface area contributed by atoms with E-state index >= 15 is 0 Å². The van der Waals surface area contributed by atoms with E-state index in [-0.39, 0.29) is 5.91 Å². The van der Waals surface area contributed by atoms with Gasteiger partial charge in [0.2, 0.25) is 0 Å². The Hall–Kier alpha value is -1.31. The van der Waals surface area contributed by atoms with Crippen molar-refractivity contribution < 1.29 is 4.79 Å². The van der Waals surface area contributed by atoms with Crippen LogP contribution in [0.25, 0.3) is 5.52 Å². The molecule has 5 nitrogen and oxygen atoms in total. The average Bonchev–Trinajstić information content (AvgIpc) is 3.07. The summed E-state index contributed by atoms with van der Waals surface area (Å²) in [5, 5.41) is 4.93. The van der Waals surface area contributed by atoms with Crippen LogP contribution in [0.1, 0.15) is 16.2 Å². The predicted octanol–water partition coefficient (Wildman–Crippen LogP) is 3.97. The third-order valence-electron chi connectivity index (χ3n) is 3.95. The molecule has 0 saturated carbocycles. The van der Waals surface area contributed by atoms with E-state index in [9.17, 15) is 4.79 Å². The number of nitrogens with zero attached hydrogens (tertiary/aromatic N) is 4. The Bertz CT molecular complexity index is 933. The average molecular weight is 459 g/mol. The first-order valence-corrected chi connectivity index (χ1v) is 8.97. The number of halogens is 3. The van der Waals surface area contributed by atoms with E-state index < -0.39 is 0 Å². The highest BCUT2D eigenvalue weighted by molar-refractivity contribution is 9.13.